The summed E-state index contributed by atoms with van der Waals surface area (Å²) in [6, 6.07) is 16.8. The smallest absolute Gasteiger partial charge is 0.136 e. The van der Waals surface area contributed by atoms with E-state index in [1.165, 1.54) is 5.56 Å². The number of aliphatic hydroxyl groups is 1. The van der Waals surface area contributed by atoms with Crippen molar-refractivity contribution < 1.29 is 5.11 Å². The Hall–Kier alpha value is -2.12. The summed E-state index contributed by atoms with van der Waals surface area (Å²) < 4.78 is 3.33. The molecule has 3 N–H and O–H groups in total. The molecule has 0 saturated carbocycles. The van der Waals surface area contributed by atoms with Gasteiger partial charge in [0.05, 0.1) is 22.8 Å². The Morgan fingerprint density at radius 2 is 1.69 bits per heavy atom. The molecular weight excluding hydrogens is 440 g/mol. The number of hydrogen-bond donors (Lipinski definition) is 3. The van der Waals surface area contributed by atoms with E-state index in [1.54, 1.807) is 18.1 Å². The maximum Gasteiger partial charge on any atom is 0.136 e. The predicted octanol–water partition coefficient (Wildman–Crippen LogP) is 6.57. The number of nitrogens with zero attached hydrogens (tertiary/aromatic N) is 2. The minimum atomic E-state index is 0.120. The third-order valence-corrected chi connectivity index (χ3v) is 5.93. The maximum absolute atomic E-state index is 7.00. The van der Waals surface area contributed by atoms with Crippen LogP contribution in [-0.2, 0) is 5.41 Å². The average molecular weight is 473 g/mol. The molecule has 4 rings (SSSR count). The lowest BCUT2D eigenvalue weighted by molar-refractivity contribution is 0.399. The summed E-state index contributed by atoms with van der Waals surface area (Å²) >= 11 is 7.96. The monoisotopic (exact) mass is 472 g/mol. The Labute approximate surface area is 201 Å². The molecule has 2 atom stereocenters. The molecule has 1 saturated heterocycles. The van der Waals surface area contributed by atoms with Gasteiger partial charge in [0.25, 0.3) is 0 Å². The third kappa shape index (κ3) is 6.94. The predicted molar refractivity (Wildman–Crippen MR) is 136 cm³/mol. The highest BCUT2D eigenvalue weighted by atomic mass is 35.5. The maximum atomic E-state index is 7.00. The fourth-order valence-corrected chi connectivity index (χ4v) is 3.92. The zero-order valence-corrected chi connectivity index (χ0v) is 21.1. The standard InChI is InChI=1S/C22H23ClN4S.C2H6.CH4O/c1-22(2,3)15-6-8-16(9-7-15)28-27-18-11-10-17(23)20(25-18)21-19(26-21)14-5-4-12-24-13-14;2*1-2/h4-13,19,21,26H,1-3H3,(H,25,27);1-2H3;2H,1H3. The van der Waals surface area contributed by atoms with Gasteiger partial charge >= 0.3 is 0 Å². The first-order valence-electron chi connectivity index (χ1n) is 10.7. The molecule has 172 valence electrons. The largest absolute Gasteiger partial charge is 0.400 e. The van der Waals surface area contributed by atoms with E-state index < -0.39 is 0 Å². The fourth-order valence-electron chi connectivity index (χ4n) is 3.09. The van der Waals surface area contributed by atoms with Crippen LogP contribution >= 0.6 is 23.5 Å². The molecule has 0 radical (unpaired) electrons. The van der Waals surface area contributed by atoms with Gasteiger partial charge in [0.2, 0.25) is 0 Å². The zero-order valence-electron chi connectivity index (χ0n) is 19.6. The lowest BCUT2D eigenvalue weighted by Gasteiger charge is -2.19. The van der Waals surface area contributed by atoms with E-state index in [9.17, 15) is 0 Å². The lowest BCUT2D eigenvalue weighted by atomic mass is 9.87. The van der Waals surface area contributed by atoms with Crippen molar-refractivity contribution in [3.8, 4) is 0 Å². The van der Waals surface area contributed by atoms with E-state index in [1.807, 2.05) is 38.2 Å². The molecule has 2 unspecified atom stereocenters. The van der Waals surface area contributed by atoms with Gasteiger partial charge in [-0.2, -0.15) is 0 Å². The summed E-state index contributed by atoms with van der Waals surface area (Å²) in [4.78, 5) is 10.1. The van der Waals surface area contributed by atoms with Gasteiger partial charge in [-0.05, 0) is 58.8 Å². The van der Waals surface area contributed by atoms with Crippen LogP contribution < -0.4 is 10.0 Å². The number of hydrogen-bond acceptors (Lipinski definition) is 6. The topological polar surface area (TPSA) is 80.0 Å². The number of benzene rings is 1. The quantitative estimate of drug-likeness (QED) is 0.288. The molecular formula is C25H33ClN4OS. The lowest BCUT2D eigenvalue weighted by Crippen LogP contribution is -2.10. The molecule has 1 fully saturated rings. The van der Waals surface area contributed by atoms with Crippen LogP contribution in [0, 0.1) is 0 Å². The normalized spacial score (nSPS) is 16.8. The van der Waals surface area contributed by atoms with Gasteiger partial charge < -0.3 is 9.83 Å². The van der Waals surface area contributed by atoms with Crippen LogP contribution in [0.25, 0.3) is 0 Å². The SMILES string of the molecule is CC.CC(C)(C)c1ccc(SNc2ccc(Cl)c(C3NC3c3cccnc3)n2)cc1.CO. The highest BCUT2D eigenvalue weighted by Crippen LogP contribution is 2.44. The van der Waals surface area contributed by atoms with Gasteiger partial charge in [0.1, 0.15) is 5.82 Å². The minimum absolute atomic E-state index is 0.120. The second-order valence-electron chi connectivity index (χ2n) is 7.95. The Kier molecular flexibility index (Phi) is 9.97. The first kappa shape index (κ1) is 26.1. The molecule has 0 bridgehead atoms. The number of aromatic nitrogens is 2. The second-order valence-corrected chi connectivity index (χ2v) is 9.24. The third-order valence-electron chi connectivity index (χ3n) is 4.79. The highest BCUT2D eigenvalue weighted by molar-refractivity contribution is 8.00. The summed E-state index contributed by atoms with van der Waals surface area (Å²) in [5.74, 6) is 0.794. The Morgan fingerprint density at radius 1 is 1.00 bits per heavy atom. The van der Waals surface area contributed by atoms with Crippen LogP contribution in [0.15, 0.2) is 65.8 Å². The van der Waals surface area contributed by atoms with Crippen molar-refractivity contribution in [2.24, 2.45) is 0 Å². The van der Waals surface area contributed by atoms with E-state index in [0.717, 1.165) is 29.1 Å². The second kappa shape index (κ2) is 12.2. The van der Waals surface area contributed by atoms with Crippen molar-refractivity contribution in [2.75, 3.05) is 11.8 Å². The van der Waals surface area contributed by atoms with Gasteiger partial charge in [0, 0.05) is 24.4 Å². The van der Waals surface area contributed by atoms with Crippen molar-refractivity contribution in [2.45, 2.75) is 57.0 Å². The summed E-state index contributed by atoms with van der Waals surface area (Å²) in [5.41, 5.74) is 3.50. The summed E-state index contributed by atoms with van der Waals surface area (Å²) in [6.45, 7) is 10.7. The molecule has 32 heavy (non-hydrogen) atoms. The molecule has 1 aliphatic rings. The molecule has 1 aliphatic heterocycles. The summed E-state index contributed by atoms with van der Waals surface area (Å²) in [6.07, 6.45) is 3.66. The number of aliphatic hydroxyl groups excluding tert-OH is 1. The Bertz CT molecular complexity index is 962. The average Bonchev–Trinajstić information content (AvgIpc) is 3.62. The molecule has 1 aromatic carbocycles. The minimum Gasteiger partial charge on any atom is -0.400 e. The fraction of sp³-hybridized carbons (Fsp3) is 0.360. The Morgan fingerprint density at radius 3 is 2.28 bits per heavy atom. The summed E-state index contributed by atoms with van der Waals surface area (Å²) in [5, 5.41) is 11.1. The number of rotatable bonds is 5. The highest BCUT2D eigenvalue weighted by Gasteiger charge is 2.41. The van der Waals surface area contributed by atoms with Gasteiger partial charge in [0.15, 0.2) is 0 Å². The first-order chi connectivity index (χ1) is 15.4. The van der Waals surface area contributed by atoms with E-state index in [0.29, 0.717) is 5.02 Å². The van der Waals surface area contributed by atoms with Crippen LogP contribution in [0.3, 0.4) is 0 Å². The van der Waals surface area contributed by atoms with Crippen molar-refractivity contribution in [1.82, 2.24) is 15.3 Å². The van der Waals surface area contributed by atoms with Crippen molar-refractivity contribution >= 4 is 29.4 Å². The van der Waals surface area contributed by atoms with E-state index in [4.69, 9.17) is 21.7 Å². The van der Waals surface area contributed by atoms with E-state index in [-0.39, 0.29) is 17.5 Å². The van der Waals surface area contributed by atoms with Crippen molar-refractivity contribution in [3.63, 3.8) is 0 Å². The Balaban J connectivity index is 0.000000860. The first-order valence-corrected chi connectivity index (χ1v) is 11.9. The molecule has 0 aliphatic carbocycles. The number of nitrogens with one attached hydrogen (secondary N) is 2. The number of anilines is 1. The van der Waals surface area contributed by atoms with Gasteiger partial charge in [-0.25, -0.2) is 4.98 Å². The molecule has 3 heterocycles. The molecule has 7 heteroatoms. The molecule has 3 aromatic rings. The van der Waals surface area contributed by atoms with Crippen LogP contribution in [0.5, 0.6) is 0 Å². The van der Waals surface area contributed by atoms with Crippen LogP contribution in [-0.4, -0.2) is 22.2 Å². The van der Waals surface area contributed by atoms with Crippen molar-refractivity contribution in [3.05, 3.63) is 82.8 Å². The van der Waals surface area contributed by atoms with Crippen LogP contribution in [0.2, 0.25) is 5.02 Å². The number of halogens is 1. The summed E-state index contributed by atoms with van der Waals surface area (Å²) in [7, 11) is 1.00. The van der Waals surface area contributed by atoms with Crippen LogP contribution in [0.1, 0.15) is 63.5 Å². The zero-order chi connectivity index (χ0) is 23.7. The van der Waals surface area contributed by atoms with Gasteiger partial charge in [-0.1, -0.05) is 64.4 Å². The van der Waals surface area contributed by atoms with E-state index in [2.05, 4.69) is 66.1 Å². The number of pyridine rings is 2. The molecule has 0 spiro atoms. The van der Waals surface area contributed by atoms with Crippen molar-refractivity contribution in [1.29, 1.82) is 0 Å². The van der Waals surface area contributed by atoms with E-state index >= 15 is 0 Å². The van der Waals surface area contributed by atoms with Gasteiger partial charge in [-0.15, -0.1) is 0 Å². The van der Waals surface area contributed by atoms with Crippen LogP contribution in [0.4, 0.5) is 5.82 Å². The molecule has 0 amide bonds. The molecule has 2 aromatic heterocycles. The molecule has 5 nitrogen and oxygen atoms in total. The van der Waals surface area contributed by atoms with Gasteiger partial charge in [-0.3, -0.25) is 10.3 Å².